The molecule has 5 nitrogen and oxygen atoms in total. The first-order chi connectivity index (χ1) is 8.34. The predicted molar refractivity (Wildman–Crippen MR) is 65.2 cm³/mol. The third-order valence-electron chi connectivity index (χ3n) is 2.86. The van der Waals surface area contributed by atoms with Gasteiger partial charge in [0.15, 0.2) is 5.13 Å². The molecule has 0 spiro atoms. The van der Waals surface area contributed by atoms with Crippen molar-refractivity contribution in [2.45, 2.75) is 25.8 Å². The number of nitrogens with one attached hydrogen (secondary N) is 1. The van der Waals surface area contributed by atoms with Gasteiger partial charge in [0.1, 0.15) is 11.5 Å². The summed E-state index contributed by atoms with van der Waals surface area (Å²) in [5.74, 6) is 0.890. The van der Waals surface area contributed by atoms with Gasteiger partial charge in [-0.1, -0.05) is 0 Å². The number of amides is 1. The van der Waals surface area contributed by atoms with E-state index in [1.54, 1.807) is 12.4 Å². The van der Waals surface area contributed by atoms with E-state index >= 15 is 0 Å². The van der Waals surface area contributed by atoms with Gasteiger partial charge in [-0.3, -0.25) is 10.1 Å². The Morgan fingerprint density at radius 2 is 2.35 bits per heavy atom. The fourth-order valence-corrected chi connectivity index (χ4v) is 2.57. The maximum absolute atomic E-state index is 12.0. The van der Waals surface area contributed by atoms with Crippen molar-refractivity contribution in [2.24, 2.45) is 0 Å². The van der Waals surface area contributed by atoms with Crippen LogP contribution < -0.4 is 5.32 Å². The second-order valence-electron chi connectivity index (χ2n) is 3.96. The molecule has 0 saturated heterocycles. The van der Waals surface area contributed by atoms with E-state index in [1.165, 1.54) is 11.3 Å². The quantitative estimate of drug-likeness (QED) is 0.883. The van der Waals surface area contributed by atoms with Crippen molar-refractivity contribution in [3.05, 3.63) is 29.3 Å². The third kappa shape index (κ3) is 1.95. The number of carbonyl (C=O) groups is 1. The lowest BCUT2D eigenvalue weighted by molar-refractivity contribution is 0.101. The average molecular weight is 248 g/mol. The molecule has 2 aromatic heterocycles. The maximum Gasteiger partial charge on any atom is 0.275 e. The van der Waals surface area contributed by atoms with Crippen molar-refractivity contribution < 1.29 is 4.79 Å². The van der Waals surface area contributed by atoms with Gasteiger partial charge in [0.2, 0.25) is 0 Å². The number of aryl methyl sites for hydroxylation is 1. The lowest BCUT2D eigenvalue weighted by atomic mass is 10.1. The van der Waals surface area contributed by atoms with Crippen LogP contribution >= 0.6 is 11.3 Å². The molecule has 0 fully saturated rings. The highest BCUT2D eigenvalue weighted by molar-refractivity contribution is 7.13. The minimum atomic E-state index is -0.124. The summed E-state index contributed by atoms with van der Waals surface area (Å²) in [5.41, 5.74) is 0.634. The van der Waals surface area contributed by atoms with Crippen LogP contribution in [0.4, 0.5) is 5.13 Å². The zero-order chi connectivity index (χ0) is 11.7. The van der Waals surface area contributed by atoms with Crippen molar-refractivity contribution >= 4 is 22.4 Å². The first kappa shape index (κ1) is 10.5. The standard InChI is InChI=1S/C11H12N4OS/c16-10(14-11-12-4-6-17-11)8-7-13-9-3-1-2-5-15(8)9/h4,6-7H,1-3,5H2,(H,12,14,16). The van der Waals surface area contributed by atoms with E-state index in [2.05, 4.69) is 15.3 Å². The average Bonchev–Trinajstić information content (AvgIpc) is 2.96. The van der Waals surface area contributed by atoms with E-state index < -0.39 is 0 Å². The Labute approximate surface area is 103 Å². The second kappa shape index (κ2) is 4.29. The number of hydrogen-bond acceptors (Lipinski definition) is 4. The van der Waals surface area contributed by atoms with Crippen molar-refractivity contribution in [1.29, 1.82) is 0 Å². The molecule has 3 rings (SSSR count). The Kier molecular flexibility index (Phi) is 2.64. The van der Waals surface area contributed by atoms with Crippen LogP contribution in [0.1, 0.15) is 29.2 Å². The number of hydrogen-bond donors (Lipinski definition) is 1. The van der Waals surface area contributed by atoms with Crippen LogP contribution in [0.25, 0.3) is 0 Å². The van der Waals surface area contributed by atoms with Crippen LogP contribution in [-0.4, -0.2) is 20.4 Å². The van der Waals surface area contributed by atoms with E-state index in [1.807, 2.05) is 9.95 Å². The van der Waals surface area contributed by atoms with Crippen LogP contribution in [0.3, 0.4) is 0 Å². The summed E-state index contributed by atoms with van der Waals surface area (Å²) >= 11 is 1.41. The number of imidazole rings is 1. The Balaban J connectivity index is 1.84. The highest BCUT2D eigenvalue weighted by atomic mass is 32.1. The van der Waals surface area contributed by atoms with Crippen LogP contribution in [0, 0.1) is 0 Å². The Morgan fingerprint density at radius 3 is 3.18 bits per heavy atom. The molecule has 0 unspecified atom stereocenters. The lowest BCUT2D eigenvalue weighted by Gasteiger charge is -2.15. The first-order valence-electron chi connectivity index (χ1n) is 5.60. The molecule has 88 valence electrons. The van der Waals surface area contributed by atoms with Crippen molar-refractivity contribution in [2.75, 3.05) is 5.32 Å². The summed E-state index contributed by atoms with van der Waals surface area (Å²) in [6.07, 6.45) is 6.56. The summed E-state index contributed by atoms with van der Waals surface area (Å²) in [7, 11) is 0. The molecule has 0 aromatic carbocycles. The van der Waals surface area contributed by atoms with E-state index in [-0.39, 0.29) is 5.91 Å². The molecule has 1 aliphatic rings. The largest absolute Gasteiger partial charge is 0.324 e. The normalized spacial score (nSPS) is 14.4. The van der Waals surface area contributed by atoms with Crippen LogP contribution in [0.2, 0.25) is 0 Å². The van der Waals surface area contributed by atoms with Crippen molar-refractivity contribution in [3.8, 4) is 0 Å². The molecular weight excluding hydrogens is 236 g/mol. The zero-order valence-corrected chi connectivity index (χ0v) is 10.0. The molecule has 0 bridgehead atoms. The van der Waals surface area contributed by atoms with E-state index in [0.717, 1.165) is 31.6 Å². The van der Waals surface area contributed by atoms with Gasteiger partial charge in [-0.25, -0.2) is 9.97 Å². The fraction of sp³-hybridized carbons (Fsp3) is 0.364. The predicted octanol–water partition coefficient (Wildman–Crippen LogP) is 1.93. The first-order valence-corrected chi connectivity index (χ1v) is 6.48. The summed E-state index contributed by atoms with van der Waals surface area (Å²) in [4.78, 5) is 20.4. The Hall–Kier alpha value is -1.69. The highest BCUT2D eigenvalue weighted by Gasteiger charge is 2.19. The van der Waals surface area contributed by atoms with Gasteiger partial charge in [-0.15, -0.1) is 11.3 Å². The molecule has 0 atom stereocenters. The summed E-state index contributed by atoms with van der Waals surface area (Å²) in [5, 5.41) is 5.24. The van der Waals surface area contributed by atoms with Crippen molar-refractivity contribution in [3.63, 3.8) is 0 Å². The van der Waals surface area contributed by atoms with Gasteiger partial charge < -0.3 is 4.57 Å². The molecule has 17 heavy (non-hydrogen) atoms. The molecule has 0 saturated carbocycles. The minimum absolute atomic E-state index is 0.124. The topological polar surface area (TPSA) is 59.8 Å². The van der Waals surface area contributed by atoms with E-state index in [4.69, 9.17) is 0 Å². The number of thiazole rings is 1. The number of fused-ring (bicyclic) bond motifs is 1. The van der Waals surface area contributed by atoms with Gasteiger partial charge in [0.25, 0.3) is 5.91 Å². The molecule has 6 heteroatoms. The van der Waals surface area contributed by atoms with Crippen LogP contribution in [-0.2, 0) is 13.0 Å². The minimum Gasteiger partial charge on any atom is -0.324 e. The smallest absolute Gasteiger partial charge is 0.275 e. The van der Waals surface area contributed by atoms with Gasteiger partial charge in [-0.2, -0.15) is 0 Å². The number of aromatic nitrogens is 3. The molecule has 1 amide bonds. The molecule has 2 aromatic rings. The Morgan fingerprint density at radius 1 is 1.41 bits per heavy atom. The van der Waals surface area contributed by atoms with Gasteiger partial charge in [-0.05, 0) is 12.8 Å². The molecular formula is C11H12N4OS. The SMILES string of the molecule is O=C(Nc1nccs1)c1cnc2n1CCCC2. The number of anilines is 1. The number of carbonyl (C=O) groups excluding carboxylic acids is 1. The van der Waals surface area contributed by atoms with Gasteiger partial charge in [0, 0.05) is 24.5 Å². The van der Waals surface area contributed by atoms with Crippen LogP contribution in [0.15, 0.2) is 17.8 Å². The third-order valence-corrected chi connectivity index (χ3v) is 3.54. The fourth-order valence-electron chi connectivity index (χ4n) is 2.04. The van der Waals surface area contributed by atoms with Gasteiger partial charge in [0.05, 0.1) is 6.20 Å². The maximum atomic E-state index is 12.0. The second-order valence-corrected chi connectivity index (χ2v) is 4.85. The number of nitrogens with zero attached hydrogens (tertiary/aromatic N) is 3. The van der Waals surface area contributed by atoms with E-state index in [9.17, 15) is 4.79 Å². The zero-order valence-electron chi connectivity index (χ0n) is 9.22. The van der Waals surface area contributed by atoms with Crippen molar-refractivity contribution in [1.82, 2.24) is 14.5 Å². The van der Waals surface area contributed by atoms with Crippen LogP contribution in [0.5, 0.6) is 0 Å². The summed E-state index contributed by atoms with van der Waals surface area (Å²) in [6.45, 7) is 0.885. The lowest BCUT2D eigenvalue weighted by Crippen LogP contribution is -2.20. The monoisotopic (exact) mass is 248 g/mol. The Bertz CT molecular complexity index is 532. The summed E-state index contributed by atoms with van der Waals surface area (Å²) in [6, 6.07) is 0. The summed E-state index contributed by atoms with van der Waals surface area (Å²) < 4.78 is 2.01. The highest BCUT2D eigenvalue weighted by Crippen LogP contribution is 2.18. The van der Waals surface area contributed by atoms with E-state index in [0.29, 0.717) is 10.8 Å². The molecule has 0 radical (unpaired) electrons. The number of rotatable bonds is 2. The molecule has 1 aliphatic heterocycles. The molecule has 0 aliphatic carbocycles. The molecule has 3 heterocycles. The molecule has 1 N–H and O–H groups in total. The van der Waals surface area contributed by atoms with Gasteiger partial charge >= 0.3 is 0 Å².